The summed E-state index contributed by atoms with van der Waals surface area (Å²) in [6.45, 7) is 0. The molecule has 6 nitrogen and oxygen atoms in total. The third-order valence-electron chi connectivity index (χ3n) is 4.40. The first-order chi connectivity index (χ1) is 12.0. The molecule has 1 aliphatic carbocycles. The summed E-state index contributed by atoms with van der Waals surface area (Å²) in [6, 6.07) is 5.40. The summed E-state index contributed by atoms with van der Waals surface area (Å²) in [7, 11) is 2.84. The lowest BCUT2D eigenvalue weighted by molar-refractivity contribution is -0.136. The fourth-order valence-electron chi connectivity index (χ4n) is 3.26. The minimum atomic E-state index is -0.619. The lowest BCUT2D eigenvalue weighted by atomic mass is 9.77. The third-order valence-corrected chi connectivity index (χ3v) is 5.02. The van der Waals surface area contributed by atoms with Gasteiger partial charge >= 0.3 is 5.97 Å². The van der Waals surface area contributed by atoms with Gasteiger partial charge in [-0.05, 0) is 40.0 Å². The second-order valence-electron chi connectivity index (χ2n) is 5.81. The molecule has 25 heavy (non-hydrogen) atoms. The van der Waals surface area contributed by atoms with E-state index in [-0.39, 0.29) is 17.2 Å². The molecule has 0 aromatic heterocycles. The zero-order valence-electron chi connectivity index (χ0n) is 13.9. The number of carbonyl (C=O) groups is 2. The average molecular weight is 408 g/mol. The van der Waals surface area contributed by atoms with E-state index >= 15 is 0 Å². The van der Waals surface area contributed by atoms with Gasteiger partial charge in [0.05, 0.1) is 24.6 Å². The van der Waals surface area contributed by atoms with E-state index in [0.29, 0.717) is 40.8 Å². The number of esters is 1. The van der Waals surface area contributed by atoms with Crippen LogP contribution in [0.4, 0.5) is 0 Å². The fourth-order valence-corrected chi connectivity index (χ4v) is 3.82. The molecule has 0 fully saturated rings. The van der Waals surface area contributed by atoms with Crippen molar-refractivity contribution in [3.05, 3.63) is 51.0 Å². The van der Waals surface area contributed by atoms with Crippen molar-refractivity contribution in [1.29, 1.82) is 0 Å². The summed E-state index contributed by atoms with van der Waals surface area (Å²) in [6.07, 6.45) is 1.74. The molecule has 0 amide bonds. The Balaban J connectivity index is 2.19. The van der Waals surface area contributed by atoms with Gasteiger partial charge in [-0.1, -0.05) is 6.07 Å². The van der Waals surface area contributed by atoms with Crippen molar-refractivity contribution in [1.82, 2.24) is 0 Å². The van der Waals surface area contributed by atoms with E-state index in [0.717, 1.165) is 5.56 Å². The quantitative estimate of drug-likeness (QED) is 0.774. The topological polar surface area (TPSA) is 87.9 Å². The molecule has 1 heterocycles. The number of ketones is 1. The first-order valence-electron chi connectivity index (χ1n) is 7.83. The number of carbonyl (C=O) groups excluding carboxylic acids is 2. The summed E-state index contributed by atoms with van der Waals surface area (Å²) in [5, 5.41) is 0. The molecule has 7 heteroatoms. The van der Waals surface area contributed by atoms with Crippen LogP contribution in [0, 0.1) is 0 Å². The van der Waals surface area contributed by atoms with Crippen molar-refractivity contribution in [2.24, 2.45) is 5.73 Å². The van der Waals surface area contributed by atoms with Crippen LogP contribution in [0.25, 0.3) is 0 Å². The van der Waals surface area contributed by atoms with E-state index in [4.69, 9.17) is 19.9 Å². The molecule has 0 bridgehead atoms. The number of benzene rings is 1. The van der Waals surface area contributed by atoms with Crippen LogP contribution >= 0.6 is 15.9 Å². The van der Waals surface area contributed by atoms with E-state index in [1.54, 1.807) is 13.2 Å². The van der Waals surface area contributed by atoms with E-state index in [1.165, 1.54) is 7.11 Å². The van der Waals surface area contributed by atoms with Crippen LogP contribution in [0.3, 0.4) is 0 Å². The van der Waals surface area contributed by atoms with Gasteiger partial charge in [0.2, 0.25) is 5.88 Å². The first kappa shape index (κ1) is 17.5. The maximum absolute atomic E-state index is 12.6. The number of ether oxygens (including phenoxy) is 3. The molecule has 0 radical (unpaired) electrons. The van der Waals surface area contributed by atoms with Crippen molar-refractivity contribution >= 4 is 27.7 Å². The van der Waals surface area contributed by atoms with E-state index in [9.17, 15) is 9.59 Å². The van der Waals surface area contributed by atoms with Gasteiger partial charge in [0.25, 0.3) is 0 Å². The standard InChI is InChI=1S/C18H18BrNO5/c1-23-12-7-6-9(8-10(12)19)14-15-11(21)4-3-5-13(15)25-17(20)16(14)18(22)24-2/h6-8,14H,3-5,20H2,1-2H3/t14-/m1/s1. The van der Waals surface area contributed by atoms with Gasteiger partial charge in [-0.15, -0.1) is 0 Å². The number of hydrogen-bond acceptors (Lipinski definition) is 6. The second-order valence-corrected chi connectivity index (χ2v) is 6.67. The number of methoxy groups -OCH3 is 2. The maximum Gasteiger partial charge on any atom is 0.340 e. The molecule has 0 saturated heterocycles. The van der Waals surface area contributed by atoms with E-state index in [2.05, 4.69) is 15.9 Å². The summed E-state index contributed by atoms with van der Waals surface area (Å²) >= 11 is 3.45. The normalized spacial score (nSPS) is 20.1. The van der Waals surface area contributed by atoms with Crippen molar-refractivity contribution in [3.63, 3.8) is 0 Å². The zero-order valence-corrected chi connectivity index (χ0v) is 15.5. The first-order valence-corrected chi connectivity index (χ1v) is 8.62. The molecule has 1 aromatic rings. The van der Waals surface area contributed by atoms with Crippen LogP contribution in [0.15, 0.2) is 45.5 Å². The Hall–Kier alpha value is -2.28. The van der Waals surface area contributed by atoms with Crippen molar-refractivity contribution < 1.29 is 23.8 Å². The van der Waals surface area contributed by atoms with Crippen LogP contribution < -0.4 is 10.5 Å². The molecule has 2 N–H and O–H groups in total. The van der Waals surface area contributed by atoms with Crippen LogP contribution in [0.1, 0.15) is 30.7 Å². The lowest BCUT2D eigenvalue weighted by Crippen LogP contribution is -2.31. The van der Waals surface area contributed by atoms with Crippen LogP contribution in [0.2, 0.25) is 0 Å². The van der Waals surface area contributed by atoms with Gasteiger partial charge < -0.3 is 19.9 Å². The minimum Gasteiger partial charge on any atom is -0.496 e. The largest absolute Gasteiger partial charge is 0.496 e. The Labute approximate surface area is 153 Å². The monoisotopic (exact) mass is 407 g/mol. The number of nitrogens with two attached hydrogens (primary N) is 1. The van der Waals surface area contributed by atoms with Gasteiger partial charge in [0, 0.05) is 18.4 Å². The smallest absolute Gasteiger partial charge is 0.340 e. The maximum atomic E-state index is 12.6. The van der Waals surface area contributed by atoms with Gasteiger partial charge in [0.15, 0.2) is 5.78 Å². The molecule has 1 aromatic carbocycles. The molecule has 3 rings (SSSR count). The highest BCUT2D eigenvalue weighted by molar-refractivity contribution is 9.10. The van der Waals surface area contributed by atoms with E-state index < -0.39 is 11.9 Å². The number of Topliss-reactive ketones (excluding diaryl/α,β-unsaturated/α-hetero) is 1. The SMILES string of the molecule is COC(=O)C1=C(N)OC2=C(C(=O)CCC2)[C@H]1c1ccc(OC)c(Br)c1. The summed E-state index contributed by atoms with van der Waals surface area (Å²) in [4.78, 5) is 24.9. The molecular formula is C18H18BrNO5. The highest BCUT2D eigenvalue weighted by Crippen LogP contribution is 2.45. The van der Waals surface area contributed by atoms with Gasteiger partial charge in [-0.2, -0.15) is 0 Å². The Bertz CT molecular complexity index is 812. The highest BCUT2D eigenvalue weighted by atomic mass is 79.9. The third kappa shape index (κ3) is 3.04. The molecule has 0 unspecified atom stereocenters. The van der Waals surface area contributed by atoms with Crippen molar-refractivity contribution in [2.45, 2.75) is 25.2 Å². The highest BCUT2D eigenvalue weighted by Gasteiger charge is 2.41. The Morgan fingerprint density at radius 2 is 2.08 bits per heavy atom. The Kier molecular flexibility index (Phi) is 4.85. The average Bonchev–Trinajstić information content (AvgIpc) is 2.60. The molecule has 132 valence electrons. The second kappa shape index (κ2) is 6.92. The number of rotatable bonds is 3. The number of hydrogen-bond donors (Lipinski definition) is 1. The lowest BCUT2D eigenvalue weighted by Gasteiger charge is -2.32. The van der Waals surface area contributed by atoms with Gasteiger partial charge in [0.1, 0.15) is 17.1 Å². The summed E-state index contributed by atoms with van der Waals surface area (Å²) in [5.41, 5.74) is 7.37. The minimum absolute atomic E-state index is 0.0164. The predicted molar refractivity (Wildman–Crippen MR) is 93.6 cm³/mol. The molecule has 1 atom stereocenters. The Morgan fingerprint density at radius 3 is 2.72 bits per heavy atom. The number of allylic oxidation sites excluding steroid dienone is 2. The van der Waals surface area contributed by atoms with Gasteiger partial charge in [-0.3, -0.25) is 4.79 Å². The summed E-state index contributed by atoms with van der Waals surface area (Å²) in [5.74, 6) is -0.0928. The van der Waals surface area contributed by atoms with Crippen molar-refractivity contribution in [3.8, 4) is 5.75 Å². The molecule has 1 aliphatic heterocycles. The van der Waals surface area contributed by atoms with Crippen LogP contribution in [-0.4, -0.2) is 26.0 Å². The zero-order chi connectivity index (χ0) is 18.1. The number of halogens is 1. The van der Waals surface area contributed by atoms with Crippen LogP contribution in [0.5, 0.6) is 5.75 Å². The molecule has 2 aliphatic rings. The van der Waals surface area contributed by atoms with Gasteiger partial charge in [-0.25, -0.2) is 4.79 Å². The predicted octanol–water partition coefficient (Wildman–Crippen LogP) is 2.92. The fraction of sp³-hybridized carbons (Fsp3) is 0.333. The molecular weight excluding hydrogens is 390 g/mol. The van der Waals surface area contributed by atoms with Crippen molar-refractivity contribution in [2.75, 3.05) is 14.2 Å². The van der Waals surface area contributed by atoms with E-state index in [1.807, 2.05) is 12.1 Å². The molecule has 0 spiro atoms. The van der Waals surface area contributed by atoms with Crippen LogP contribution in [-0.2, 0) is 19.1 Å². The summed E-state index contributed by atoms with van der Waals surface area (Å²) < 4.78 is 16.4. The Morgan fingerprint density at radius 1 is 1.32 bits per heavy atom. The molecule has 0 saturated carbocycles.